The molecular formula is C23H33N5O3. The molecule has 8 nitrogen and oxygen atoms in total. The summed E-state index contributed by atoms with van der Waals surface area (Å²) in [5.74, 6) is 0. The predicted molar refractivity (Wildman–Crippen MR) is 119 cm³/mol. The highest BCUT2D eigenvalue weighted by Crippen LogP contribution is 2.18. The molecule has 0 aliphatic carbocycles. The summed E-state index contributed by atoms with van der Waals surface area (Å²) in [7, 11) is 1.77. The van der Waals surface area contributed by atoms with E-state index in [0.29, 0.717) is 19.6 Å². The minimum absolute atomic E-state index is 0.0709. The number of piperidine rings is 1. The Morgan fingerprint density at radius 1 is 1.23 bits per heavy atom. The number of rotatable bonds is 5. The topological polar surface area (TPSA) is 79.7 Å². The molecule has 1 aromatic carbocycles. The van der Waals surface area contributed by atoms with Crippen molar-refractivity contribution in [3.8, 4) is 0 Å². The zero-order chi connectivity index (χ0) is 22.4. The van der Waals surface area contributed by atoms with Crippen molar-refractivity contribution in [3.63, 3.8) is 0 Å². The van der Waals surface area contributed by atoms with Crippen molar-refractivity contribution in [3.05, 3.63) is 54.1 Å². The molecule has 1 aliphatic heterocycles. The van der Waals surface area contributed by atoms with Crippen molar-refractivity contribution < 1.29 is 14.3 Å². The summed E-state index contributed by atoms with van der Waals surface area (Å²) in [5.41, 5.74) is 1.71. The average Bonchev–Trinajstić information content (AvgIpc) is 3.23. The van der Waals surface area contributed by atoms with Gasteiger partial charge >= 0.3 is 12.1 Å². The zero-order valence-electron chi connectivity index (χ0n) is 18.9. The third-order valence-corrected chi connectivity index (χ3v) is 5.34. The quantitative estimate of drug-likeness (QED) is 0.792. The molecule has 1 saturated heterocycles. The lowest BCUT2D eigenvalue weighted by molar-refractivity contribution is 0.0168. The minimum Gasteiger partial charge on any atom is -0.444 e. The summed E-state index contributed by atoms with van der Waals surface area (Å²) in [4.78, 5) is 32.4. The molecule has 0 atom stereocenters. The van der Waals surface area contributed by atoms with Crippen molar-refractivity contribution in [2.24, 2.45) is 0 Å². The van der Waals surface area contributed by atoms with Crippen LogP contribution in [-0.4, -0.2) is 63.3 Å². The largest absolute Gasteiger partial charge is 0.444 e. The Morgan fingerprint density at radius 3 is 2.58 bits per heavy atom. The molecule has 2 heterocycles. The number of amides is 3. The number of nitrogens with zero attached hydrogens (tertiary/aromatic N) is 4. The fourth-order valence-electron chi connectivity index (χ4n) is 3.66. The maximum absolute atomic E-state index is 12.6. The van der Waals surface area contributed by atoms with Gasteiger partial charge in [-0.15, -0.1) is 0 Å². The van der Waals surface area contributed by atoms with E-state index >= 15 is 0 Å². The van der Waals surface area contributed by atoms with E-state index in [9.17, 15) is 9.59 Å². The highest BCUT2D eigenvalue weighted by atomic mass is 16.6. The van der Waals surface area contributed by atoms with E-state index in [2.05, 4.69) is 22.4 Å². The summed E-state index contributed by atoms with van der Waals surface area (Å²) >= 11 is 0. The van der Waals surface area contributed by atoms with Crippen LogP contribution in [-0.2, 0) is 17.8 Å². The minimum atomic E-state index is -0.512. The second-order valence-electron chi connectivity index (χ2n) is 9.02. The lowest BCUT2D eigenvalue weighted by atomic mass is 10.0. The number of hydrogen-bond donors (Lipinski definition) is 1. The van der Waals surface area contributed by atoms with Gasteiger partial charge in [0.1, 0.15) is 5.60 Å². The molecule has 1 aromatic heterocycles. The Morgan fingerprint density at radius 2 is 1.94 bits per heavy atom. The molecule has 0 bridgehead atoms. The van der Waals surface area contributed by atoms with Gasteiger partial charge in [-0.2, -0.15) is 0 Å². The first kappa shape index (κ1) is 22.7. The lowest BCUT2D eigenvalue weighted by Gasteiger charge is -2.37. The van der Waals surface area contributed by atoms with E-state index < -0.39 is 5.60 Å². The molecule has 168 valence electrons. The van der Waals surface area contributed by atoms with Crippen molar-refractivity contribution in [1.82, 2.24) is 24.7 Å². The van der Waals surface area contributed by atoms with Crippen LogP contribution in [0.25, 0.3) is 0 Å². The van der Waals surface area contributed by atoms with Crippen molar-refractivity contribution in [2.75, 3.05) is 20.1 Å². The van der Waals surface area contributed by atoms with Gasteiger partial charge in [0.15, 0.2) is 0 Å². The van der Waals surface area contributed by atoms with Crippen molar-refractivity contribution >= 4 is 12.1 Å². The monoisotopic (exact) mass is 427 g/mol. The highest BCUT2D eigenvalue weighted by molar-refractivity contribution is 5.74. The molecule has 0 unspecified atom stereocenters. The molecule has 1 N–H and O–H groups in total. The Balaban J connectivity index is 1.44. The number of urea groups is 1. The number of carbonyl (C=O) groups is 2. The van der Waals surface area contributed by atoms with Gasteiger partial charge in [0.25, 0.3) is 0 Å². The van der Waals surface area contributed by atoms with E-state index in [4.69, 9.17) is 4.74 Å². The smallest absolute Gasteiger partial charge is 0.410 e. The molecule has 3 amide bonds. The number of imidazole rings is 1. The van der Waals surface area contributed by atoms with Crippen molar-refractivity contribution in [2.45, 2.75) is 58.3 Å². The first-order chi connectivity index (χ1) is 14.7. The van der Waals surface area contributed by atoms with E-state index in [1.54, 1.807) is 24.5 Å². The molecule has 0 saturated carbocycles. The van der Waals surface area contributed by atoms with Crippen LogP contribution >= 0.6 is 0 Å². The molecule has 8 heteroatoms. The molecule has 1 fully saturated rings. The zero-order valence-corrected chi connectivity index (χ0v) is 18.9. The maximum Gasteiger partial charge on any atom is 0.410 e. The van der Waals surface area contributed by atoms with Gasteiger partial charge in [0.2, 0.25) is 0 Å². The Hall–Kier alpha value is -3.03. The number of carbonyl (C=O) groups excluding carboxylic acids is 2. The van der Waals surface area contributed by atoms with Crippen LogP contribution in [0.15, 0.2) is 43.0 Å². The molecule has 31 heavy (non-hydrogen) atoms. The number of likely N-dealkylation sites (tertiary alicyclic amines) is 1. The van der Waals surface area contributed by atoms with Crippen LogP contribution in [0.2, 0.25) is 0 Å². The van der Waals surface area contributed by atoms with Crippen LogP contribution in [0.1, 0.15) is 44.7 Å². The van der Waals surface area contributed by atoms with E-state index in [0.717, 1.165) is 30.5 Å². The van der Waals surface area contributed by atoms with E-state index in [-0.39, 0.29) is 18.2 Å². The SMILES string of the molecule is CN(C(=O)OC(C)(C)C)C1CCN(C(=O)NCc2cccc(Cn3ccnc3)c2)CC1. The van der Waals surface area contributed by atoms with Gasteiger partial charge in [0.05, 0.1) is 6.33 Å². The molecular weight excluding hydrogens is 394 g/mol. The van der Waals surface area contributed by atoms with Crippen molar-refractivity contribution in [1.29, 1.82) is 0 Å². The standard InChI is InChI=1S/C23H33N5O3/c1-23(2,3)31-22(30)26(4)20-8-11-28(12-9-20)21(29)25-15-18-6-5-7-19(14-18)16-27-13-10-24-17-27/h5-7,10,13-14,17,20H,8-9,11-12,15-16H2,1-4H3,(H,25,29). The first-order valence-corrected chi connectivity index (χ1v) is 10.7. The van der Waals surface area contributed by atoms with Gasteiger partial charge in [-0.25, -0.2) is 14.6 Å². The van der Waals surface area contributed by atoms with Gasteiger partial charge in [-0.3, -0.25) is 0 Å². The second-order valence-corrected chi connectivity index (χ2v) is 9.02. The summed E-state index contributed by atoms with van der Waals surface area (Å²) in [6, 6.07) is 8.20. The van der Waals surface area contributed by atoms with Gasteiger partial charge in [-0.1, -0.05) is 24.3 Å². The Labute approximate surface area is 184 Å². The lowest BCUT2D eigenvalue weighted by Crippen LogP contribution is -2.50. The van der Waals surface area contributed by atoms with E-state index in [1.165, 1.54) is 0 Å². The number of nitrogens with one attached hydrogen (secondary N) is 1. The van der Waals surface area contributed by atoms with Gasteiger partial charge < -0.3 is 24.4 Å². The maximum atomic E-state index is 12.6. The predicted octanol–water partition coefficient (Wildman–Crippen LogP) is 3.47. The normalized spacial score (nSPS) is 14.9. The van der Waals surface area contributed by atoms with Gasteiger partial charge in [-0.05, 0) is 44.7 Å². The average molecular weight is 428 g/mol. The molecule has 3 rings (SSSR count). The highest BCUT2D eigenvalue weighted by Gasteiger charge is 2.29. The molecule has 0 radical (unpaired) electrons. The first-order valence-electron chi connectivity index (χ1n) is 10.7. The summed E-state index contributed by atoms with van der Waals surface area (Å²) in [6.07, 6.45) is 6.65. The fraction of sp³-hybridized carbons (Fsp3) is 0.522. The van der Waals surface area contributed by atoms with Gasteiger partial charge in [0, 0.05) is 51.7 Å². The number of ether oxygens (including phenoxy) is 1. The Kier molecular flexibility index (Phi) is 7.20. The van der Waals surface area contributed by atoms with E-state index in [1.807, 2.05) is 48.6 Å². The number of hydrogen-bond acceptors (Lipinski definition) is 4. The van der Waals surface area contributed by atoms with Crippen LogP contribution < -0.4 is 5.32 Å². The molecule has 2 aromatic rings. The summed E-state index contributed by atoms with van der Waals surface area (Å²) in [6.45, 7) is 8.04. The fourth-order valence-corrected chi connectivity index (χ4v) is 3.66. The molecule has 1 aliphatic rings. The third kappa shape index (κ3) is 6.73. The van der Waals surface area contributed by atoms with Crippen LogP contribution in [0.4, 0.5) is 9.59 Å². The second kappa shape index (κ2) is 9.85. The third-order valence-electron chi connectivity index (χ3n) is 5.34. The van der Waals surface area contributed by atoms with Crippen LogP contribution in [0, 0.1) is 0 Å². The Bertz CT molecular complexity index is 868. The summed E-state index contributed by atoms with van der Waals surface area (Å²) in [5, 5.41) is 3.02. The summed E-state index contributed by atoms with van der Waals surface area (Å²) < 4.78 is 7.46. The number of aromatic nitrogens is 2. The number of benzene rings is 1. The van der Waals surface area contributed by atoms with Crippen LogP contribution in [0.5, 0.6) is 0 Å². The van der Waals surface area contributed by atoms with Crippen LogP contribution in [0.3, 0.4) is 0 Å². The molecule has 0 spiro atoms.